The van der Waals surface area contributed by atoms with Crippen molar-refractivity contribution in [2.45, 2.75) is 0 Å². The Morgan fingerprint density at radius 1 is 0.808 bits per heavy atom. The lowest BCUT2D eigenvalue weighted by atomic mass is 10.1. The van der Waals surface area contributed by atoms with Crippen LogP contribution in [0.1, 0.15) is 11.1 Å². The molecule has 26 heavy (non-hydrogen) atoms. The Balaban J connectivity index is 2.03. The summed E-state index contributed by atoms with van der Waals surface area (Å²) in [7, 11) is 4.68. The van der Waals surface area contributed by atoms with Crippen LogP contribution in [0.25, 0.3) is 10.9 Å². The molecule has 2 aromatic carbocycles. The Hall–Kier alpha value is -3.66. The summed E-state index contributed by atoms with van der Waals surface area (Å²) < 4.78 is 16.0. The zero-order chi connectivity index (χ0) is 18.7. The second kappa shape index (κ2) is 7.07. The van der Waals surface area contributed by atoms with E-state index in [1.54, 1.807) is 33.5 Å². The van der Waals surface area contributed by atoms with Crippen LogP contribution in [-0.2, 0) is 0 Å². The summed E-state index contributed by atoms with van der Waals surface area (Å²) in [4.78, 5) is 8.13. The van der Waals surface area contributed by atoms with Gasteiger partial charge in [-0.3, -0.25) is 0 Å². The summed E-state index contributed by atoms with van der Waals surface area (Å²) in [5.74, 6) is 8.25. The van der Waals surface area contributed by atoms with Gasteiger partial charge in [0, 0.05) is 16.5 Å². The molecule has 4 N–H and O–H groups in total. The van der Waals surface area contributed by atoms with Crippen molar-refractivity contribution in [2.24, 2.45) is 0 Å². The number of hydrogen-bond acceptors (Lipinski definition) is 7. The molecular weight excluding hydrogens is 332 g/mol. The number of nitrogens with two attached hydrogens (primary N) is 2. The standard InChI is InChI=1S/C19H18N4O3/c1-24-15-9-12(10-16(25-2)17(15)26-3)5-4-11-6-7-14-13(8-11)18(20)23-19(21)22-14/h6-10H,1-3H3,(H4,20,21,22,23). The smallest absolute Gasteiger partial charge is 0.222 e. The number of nitrogen functional groups attached to an aromatic ring is 2. The van der Waals surface area contributed by atoms with Gasteiger partial charge in [-0.25, -0.2) is 4.98 Å². The number of nitrogens with zero attached hydrogens (tertiary/aromatic N) is 2. The molecule has 0 amide bonds. The molecule has 0 fully saturated rings. The van der Waals surface area contributed by atoms with Crippen LogP contribution < -0.4 is 25.7 Å². The Morgan fingerprint density at radius 3 is 2.08 bits per heavy atom. The van der Waals surface area contributed by atoms with E-state index in [2.05, 4.69) is 21.8 Å². The molecule has 3 aromatic rings. The molecule has 1 heterocycles. The van der Waals surface area contributed by atoms with Gasteiger partial charge in [-0.05, 0) is 30.3 Å². The first-order valence-corrected chi connectivity index (χ1v) is 7.70. The van der Waals surface area contributed by atoms with Gasteiger partial charge in [0.2, 0.25) is 11.7 Å². The highest BCUT2D eigenvalue weighted by Gasteiger charge is 2.12. The molecule has 0 radical (unpaired) electrons. The Bertz CT molecular complexity index is 1010. The first-order chi connectivity index (χ1) is 12.5. The molecule has 1 aromatic heterocycles. The van der Waals surface area contributed by atoms with Crippen molar-refractivity contribution in [3.05, 3.63) is 41.5 Å². The number of benzene rings is 2. The van der Waals surface area contributed by atoms with Gasteiger partial charge >= 0.3 is 0 Å². The predicted octanol–water partition coefficient (Wildman–Crippen LogP) is 2.22. The fourth-order valence-corrected chi connectivity index (χ4v) is 2.55. The number of hydrogen-bond donors (Lipinski definition) is 2. The summed E-state index contributed by atoms with van der Waals surface area (Å²) in [5, 5.41) is 0.705. The van der Waals surface area contributed by atoms with Crippen molar-refractivity contribution in [1.82, 2.24) is 9.97 Å². The minimum atomic E-state index is 0.145. The normalized spacial score (nSPS) is 10.1. The third-order valence-corrected chi connectivity index (χ3v) is 3.76. The average molecular weight is 350 g/mol. The minimum absolute atomic E-state index is 0.145. The monoisotopic (exact) mass is 350 g/mol. The topological polar surface area (TPSA) is 106 Å². The summed E-state index contributed by atoms with van der Waals surface area (Å²) >= 11 is 0. The quantitative estimate of drug-likeness (QED) is 0.698. The van der Waals surface area contributed by atoms with E-state index in [0.29, 0.717) is 34.0 Å². The molecule has 0 spiro atoms. The molecule has 0 aliphatic heterocycles. The zero-order valence-electron chi connectivity index (χ0n) is 14.7. The molecule has 7 nitrogen and oxygen atoms in total. The Kier molecular flexibility index (Phi) is 4.67. The van der Waals surface area contributed by atoms with Crippen LogP contribution in [0.4, 0.5) is 11.8 Å². The largest absolute Gasteiger partial charge is 0.493 e. The SMILES string of the molecule is COc1cc(C#Cc2ccc3nc(N)nc(N)c3c2)cc(OC)c1OC. The lowest BCUT2D eigenvalue weighted by Crippen LogP contribution is -2.00. The predicted molar refractivity (Wildman–Crippen MR) is 100 cm³/mol. The van der Waals surface area contributed by atoms with E-state index >= 15 is 0 Å². The van der Waals surface area contributed by atoms with E-state index in [4.69, 9.17) is 25.7 Å². The van der Waals surface area contributed by atoms with Gasteiger partial charge in [-0.15, -0.1) is 0 Å². The van der Waals surface area contributed by atoms with E-state index in [1.807, 2.05) is 18.2 Å². The number of aromatic nitrogens is 2. The second-order valence-electron chi connectivity index (χ2n) is 5.36. The average Bonchev–Trinajstić information content (AvgIpc) is 2.65. The summed E-state index contributed by atoms with van der Waals surface area (Å²) in [6.45, 7) is 0. The second-order valence-corrected chi connectivity index (χ2v) is 5.36. The molecule has 0 saturated carbocycles. The van der Waals surface area contributed by atoms with Gasteiger partial charge in [-0.2, -0.15) is 4.98 Å². The Morgan fingerprint density at radius 2 is 1.46 bits per heavy atom. The van der Waals surface area contributed by atoms with Crippen molar-refractivity contribution >= 4 is 22.7 Å². The maximum Gasteiger partial charge on any atom is 0.222 e. The third-order valence-electron chi connectivity index (χ3n) is 3.76. The van der Waals surface area contributed by atoms with Gasteiger partial charge in [0.25, 0.3) is 0 Å². The first kappa shape index (κ1) is 17.2. The molecule has 0 bridgehead atoms. The number of fused-ring (bicyclic) bond motifs is 1. The molecule has 0 aliphatic carbocycles. The van der Waals surface area contributed by atoms with Crippen LogP contribution in [0.15, 0.2) is 30.3 Å². The number of anilines is 2. The summed E-state index contributed by atoms with van der Waals surface area (Å²) in [5.41, 5.74) is 13.7. The van der Waals surface area contributed by atoms with E-state index in [1.165, 1.54) is 0 Å². The van der Waals surface area contributed by atoms with Gasteiger partial charge < -0.3 is 25.7 Å². The molecule has 0 unspecified atom stereocenters. The molecule has 0 saturated heterocycles. The molecule has 0 atom stereocenters. The van der Waals surface area contributed by atoms with Gasteiger partial charge in [0.15, 0.2) is 11.5 Å². The molecule has 3 rings (SSSR count). The summed E-state index contributed by atoms with van der Waals surface area (Å²) in [6.07, 6.45) is 0. The highest BCUT2D eigenvalue weighted by Crippen LogP contribution is 2.37. The van der Waals surface area contributed by atoms with Crippen LogP contribution in [0, 0.1) is 11.8 Å². The van der Waals surface area contributed by atoms with Gasteiger partial charge in [0.05, 0.1) is 26.8 Å². The zero-order valence-corrected chi connectivity index (χ0v) is 14.7. The van der Waals surface area contributed by atoms with Crippen LogP contribution >= 0.6 is 0 Å². The van der Waals surface area contributed by atoms with E-state index < -0.39 is 0 Å². The fourth-order valence-electron chi connectivity index (χ4n) is 2.55. The van der Waals surface area contributed by atoms with Crippen LogP contribution in [0.2, 0.25) is 0 Å². The lowest BCUT2D eigenvalue weighted by molar-refractivity contribution is 0.324. The van der Waals surface area contributed by atoms with Crippen molar-refractivity contribution in [3.8, 4) is 29.1 Å². The van der Waals surface area contributed by atoms with Crippen molar-refractivity contribution in [3.63, 3.8) is 0 Å². The molecular formula is C19H18N4O3. The number of ether oxygens (including phenoxy) is 3. The first-order valence-electron chi connectivity index (χ1n) is 7.70. The van der Waals surface area contributed by atoms with Crippen molar-refractivity contribution in [1.29, 1.82) is 0 Å². The molecule has 0 aliphatic rings. The van der Waals surface area contributed by atoms with Gasteiger partial charge in [0.1, 0.15) is 5.82 Å². The van der Waals surface area contributed by atoms with Crippen LogP contribution in [0.5, 0.6) is 17.2 Å². The highest BCUT2D eigenvalue weighted by atomic mass is 16.5. The van der Waals surface area contributed by atoms with Crippen molar-refractivity contribution < 1.29 is 14.2 Å². The maximum atomic E-state index is 5.91. The van der Waals surface area contributed by atoms with E-state index in [0.717, 1.165) is 11.1 Å². The molecule has 7 heteroatoms. The summed E-state index contributed by atoms with van der Waals surface area (Å²) in [6, 6.07) is 9.05. The highest BCUT2D eigenvalue weighted by molar-refractivity contribution is 5.90. The van der Waals surface area contributed by atoms with Crippen molar-refractivity contribution in [2.75, 3.05) is 32.8 Å². The van der Waals surface area contributed by atoms with E-state index in [-0.39, 0.29) is 5.95 Å². The number of rotatable bonds is 3. The fraction of sp³-hybridized carbons (Fsp3) is 0.158. The van der Waals surface area contributed by atoms with Crippen LogP contribution in [0.3, 0.4) is 0 Å². The minimum Gasteiger partial charge on any atom is -0.493 e. The van der Waals surface area contributed by atoms with Crippen LogP contribution in [-0.4, -0.2) is 31.3 Å². The van der Waals surface area contributed by atoms with Gasteiger partial charge in [-0.1, -0.05) is 11.8 Å². The lowest BCUT2D eigenvalue weighted by Gasteiger charge is -2.12. The number of methoxy groups -OCH3 is 3. The Labute approximate surface area is 150 Å². The third kappa shape index (κ3) is 3.26. The molecule has 132 valence electrons. The van der Waals surface area contributed by atoms with E-state index in [9.17, 15) is 0 Å². The maximum absolute atomic E-state index is 5.91.